The minimum Gasteiger partial charge on any atom is -0.375 e. The monoisotopic (exact) mass is 450 g/mol. The van der Waals surface area contributed by atoms with Crippen molar-refractivity contribution in [3.05, 3.63) is 55.4 Å². The predicted octanol–water partition coefficient (Wildman–Crippen LogP) is 5.57. The molecule has 0 aliphatic heterocycles. The van der Waals surface area contributed by atoms with E-state index in [1.807, 2.05) is 18.2 Å². The SMILES string of the molecule is O=C(CNc1cc(Br)ccc1Br)Nc1c(Cl)cccc1Cl. The van der Waals surface area contributed by atoms with Crippen molar-refractivity contribution in [1.29, 1.82) is 0 Å². The van der Waals surface area contributed by atoms with Gasteiger partial charge in [0.25, 0.3) is 0 Å². The molecule has 1 amide bonds. The zero-order valence-electron chi connectivity index (χ0n) is 10.6. The summed E-state index contributed by atoms with van der Waals surface area (Å²) >= 11 is 18.8. The van der Waals surface area contributed by atoms with Crippen LogP contribution >= 0.6 is 55.1 Å². The lowest BCUT2D eigenvalue weighted by atomic mass is 10.3. The van der Waals surface area contributed by atoms with Crippen molar-refractivity contribution in [3.8, 4) is 0 Å². The van der Waals surface area contributed by atoms with E-state index in [-0.39, 0.29) is 12.5 Å². The molecule has 0 radical (unpaired) electrons. The predicted molar refractivity (Wildman–Crippen MR) is 95.4 cm³/mol. The molecule has 2 aromatic rings. The van der Waals surface area contributed by atoms with Crippen LogP contribution in [-0.4, -0.2) is 12.5 Å². The lowest BCUT2D eigenvalue weighted by molar-refractivity contribution is -0.114. The Kier molecular flexibility index (Phi) is 5.93. The third-order valence-electron chi connectivity index (χ3n) is 2.59. The Bertz CT molecular complexity index is 660. The molecule has 0 unspecified atom stereocenters. The van der Waals surface area contributed by atoms with Gasteiger partial charge in [-0.2, -0.15) is 0 Å². The van der Waals surface area contributed by atoms with Crippen LogP contribution in [0.3, 0.4) is 0 Å². The second kappa shape index (κ2) is 7.49. The van der Waals surface area contributed by atoms with E-state index in [4.69, 9.17) is 23.2 Å². The fourth-order valence-electron chi connectivity index (χ4n) is 1.61. The lowest BCUT2D eigenvalue weighted by Gasteiger charge is -2.11. The highest BCUT2D eigenvalue weighted by molar-refractivity contribution is 9.11. The van der Waals surface area contributed by atoms with Crippen molar-refractivity contribution in [2.45, 2.75) is 0 Å². The summed E-state index contributed by atoms with van der Waals surface area (Å²) in [5, 5.41) is 6.53. The maximum absolute atomic E-state index is 12.0. The number of para-hydroxylation sites is 1. The van der Waals surface area contributed by atoms with Crippen LogP contribution in [0.4, 0.5) is 11.4 Å². The van der Waals surface area contributed by atoms with Gasteiger partial charge < -0.3 is 10.6 Å². The first-order valence-electron chi connectivity index (χ1n) is 5.90. The van der Waals surface area contributed by atoms with Gasteiger partial charge in [0.1, 0.15) is 0 Å². The first-order valence-corrected chi connectivity index (χ1v) is 8.24. The van der Waals surface area contributed by atoms with Crippen LogP contribution in [0.5, 0.6) is 0 Å². The molecule has 0 bridgehead atoms. The highest BCUT2D eigenvalue weighted by atomic mass is 79.9. The van der Waals surface area contributed by atoms with Crippen LogP contribution in [0.15, 0.2) is 45.3 Å². The largest absolute Gasteiger partial charge is 0.375 e. The third-order valence-corrected chi connectivity index (χ3v) is 4.41. The fraction of sp³-hybridized carbons (Fsp3) is 0.0714. The molecule has 3 nitrogen and oxygen atoms in total. The van der Waals surface area contributed by atoms with Gasteiger partial charge in [-0.1, -0.05) is 45.2 Å². The van der Waals surface area contributed by atoms with E-state index < -0.39 is 0 Å². The van der Waals surface area contributed by atoms with Gasteiger partial charge in [-0.3, -0.25) is 4.79 Å². The van der Waals surface area contributed by atoms with E-state index in [1.165, 1.54) is 0 Å². The van der Waals surface area contributed by atoms with Crippen LogP contribution in [0.2, 0.25) is 10.0 Å². The van der Waals surface area contributed by atoms with Crippen LogP contribution in [0.1, 0.15) is 0 Å². The molecular formula is C14H10Br2Cl2N2O. The molecule has 0 atom stereocenters. The molecule has 0 heterocycles. The molecule has 7 heteroatoms. The van der Waals surface area contributed by atoms with Crippen LogP contribution in [-0.2, 0) is 4.79 Å². The molecule has 0 saturated carbocycles. The van der Waals surface area contributed by atoms with Gasteiger partial charge in [0.2, 0.25) is 5.91 Å². The molecule has 2 aromatic carbocycles. The summed E-state index contributed by atoms with van der Waals surface area (Å²) in [6.07, 6.45) is 0. The Morgan fingerprint density at radius 2 is 1.76 bits per heavy atom. The van der Waals surface area contributed by atoms with Gasteiger partial charge in [-0.15, -0.1) is 0 Å². The van der Waals surface area contributed by atoms with Gasteiger partial charge in [0, 0.05) is 14.6 Å². The standard InChI is InChI=1S/C14H10Br2Cl2N2O/c15-8-4-5-9(16)12(6-8)19-7-13(21)20-14-10(17)2-1-3-11(14)18/h1-6,19H,7H2,(H,20,21). The number of anilines is 2. The molecule has 21 heavy (non-hydrogen) atoms. The van der Waals surface area contributed by atoms with Crippen molar-refractivity contribution in [1.82, 2.24) is 0 Å². The highest BCUT2D eigenvalue weighted by Gasteiger charge is 2.10. The van der Waals surface area contributed by atoms with E-state index in [1.54, 1.807) is 18.2 Å². The average molecular weight is 453 g/mol. The van der Waals surface area contributed by atoms with Crippen molar-refractivity contribution < 1.29 is 4.79 Å². The molecule has 2 N–H and O–H groups in total. The van der Waals surface area contributed by atoms with Gasteiger partial charge >= 0.3 is 0 Å². The van der Waals surface area contributed by atoms with Crippen molar-refractivity contribution >= 4 is 72.3 Å². The van der Waals surface area contributed by atoms with E-state index in [2.05, 4.69) is 42.5 Å². The fourth-order valence-corrected chi connectivity index (χ4v) is 2.85. The van der Waals surface area contributed by atoms with Crippen LogP contribution in [0, 0.1) is 0 Å². The smallest absolute Gasteiger partial charge is 0.243 e. The summed E-state index contributed by atoms with van der Waals surface area (Å²) in [4.78, 5) is 12.0. The lowest BCUT2D eigenvalue weighted by Crippen LogP contribution is -2.22. The number of hydrogen-bond acceptors (Lipinski definition) is 2. The highest BCUT2D eigenvalue weighted by Crippen LogP contribution is 2.30. The number of carbonyl (C=O) groups excluding carboxylic acids is 1. The van der Waals surface area contributed by atoms with Gasteiger partial charge in [-0.05, 0) is 46.3 Å². The van der Waals surface area contributed by atoms with Crippen molar-refractivity contribution in [2.24, 2.45) is 0 Å². The Labute approximate surface area is 149 Å². The van der Waals surface area contributed by atoms with E-state index in [0.29, 0.717) is 15.7 Å². The topological polar surface area (TPSA) is 41.1 Å². The molecule has 0 spiro atoms. The van der Waals surface area contributed by atoms with Crippen molar-refractivity contribution in [3.63, 3.8) is 0 Å². The van der Waals surface area contributed by atoms with E-state index in [0.717, 1.165) is 14.6 Å². The third kappa shape index (κ3) is 4.61. The molecule has 0 aliphatic carbocycles. The summed E-state index contributed by atoms with van der Waals surface area (Å²) in [5.41, 5.74) is 1.23. The minimum atomic E-state index is -0.239. The molecule has 0 aromatic heterocycles. The summed E-state index contributed by atoms with van der Waals surface area (Å²) in [7, 11) is 0. The summed E-state index contributed by atoms with van der Waals surface area (Å²) in [5.74, 6) is -0.239. The minimum absolute atomic E-state index is 0.0939. The second-order valence-corrected chi connectivity index (χ2v) is 6.71. The molecular weight excluding hydrogens is 443 g/mol. The number of hydrogen-bond donors (Lipinski definition) is 2. The summed E-state index contributed by atoms with van der Waals surface area (Å²) < 4.78 is 1.79. The number of carbonyl (C=O) groups is 1. The molecule has 2 rings (SSSR count). The van der Waals surface area contributed by atoms with E-state index >= 15 is 0 Å². The Balaban J connectivity index is 2.01. The zero-order valence-corrected chi connectivity index (χ0v) is 15.3. The van der Waals surface area contributed by atoms with Gasteiger partial charge in [-0.25, -0.2) is 0 Å². The summed E-state index contributed by atoms with van der Waals surface area (Å²) in [6, 6.07) is 10.7. The number of amides is 1. The molecule has 0 saturated heterocycles. The van der Waals surface area contributed by atoms with Gasteiger partial charge in [0.15, 0.2) is 0 Å². The maximum Gasteiger partial charge on any atom is 0.243 e. The van der Waals surface area contributed by atoms with Crippen molar-refractivity contribution in [2.75, 3.05) is 17.2 Å². The normalized spacial score (nSPS) is 10.3. The molecule has 110 valence electrons. The maximum atomic E-state index is 12.0. The Hall–Kier alpha value is -0.750. The summed E-state index contributed by atoms with van der Waals surface area (Å²) in [6.45, 7) is 0.0939. The second-order valence-electron chi connectivity index (χ2n) is 4.12. The number of rotatable bonds is 4. The first kappa shape index (κ1) is 16.6. The van der Waals surface area contributed by atoms with Crippen LogP contribution in [0.25, 0.3) is 0 Å². The Morgan fingerprint density at radius 3 is 2.43 bits per heavy atom. The molecule has 0 fully saturated rings. The van der Waals surface area contributed by atoms with E-state index in [9.17, 15) is 4.79 Å². The van der Waals surface area contributed by atoms with Crippen LogP contribution < -0.4 is 10.6 Å². The number of halogens is 4. The zero-order chi connectivity index (χ0) is 15.4. The quantitative estimate of drug-likeness (QED) is 0.636. The number of benzene rings is 2. The number of nitrogens with one attached hydrogen (secondary N) is 2. The average Bonchev–Trinajstić information content (AvgIpc) is 2.44. The first-order chi connectivity index (χ1) is 9.97. The van der Waals surface area contributed by atoms with Gasteiger partial charge in [0.05, 0.1) is 22.3 Å². The molecule has 0 aliphatic rings. The Morgan fingerprint density at radius 1 is 1.10 bits per heavy atom.